The molecule has 1 aromatic rings. The van der Waals surface area contributed by atoms with E-state index in [4.69, 9.17) is 5.21 Å². The minimum absolute atomic E-state index is 0.443. The number of nitrogens with one attached hydrogen (secondary N) is 1. The number of aromatic nitrogens is 1. The predicted octanol–water partition coefficient (Wildman–Crippen LogP) is 1.11. The van der Waals surface area contributed by atoms with Crippen LogP contribution in [0.2, 0.25) is 0 Å². The Morgan fingerprint density at radius 1 is 1.73 bits per heavy atom. The van der Waals surface area contributed by atoms with Crippen LogP contribution in [-0.2, 0) is 0 Å². The van der Waals surface area contributed by atoms with Crippen molar-refractivity contribution in [1.82, 2.24) is 10.5 Å². The molecule has 0 aliphatic rings. The van der Waals surface area contributed by atoms with E-state index in [1.54, 1.807) is 31.5 Å². The number of amidine groups is 1. The maximum Gasteiger partial charge on any atom is 0.123 e. The van der Waals surface area contributed by atoms with E-state index in [2.05, 4.69) is 9.98 Å². The number of hydroxylamine groups is 1. The fourth-order valence-corrected chi connectivity index (χ4v) is 0.639. The molecule has 2 N–H and O–H groups in total. The lowest BCUT2D eigenvalue weighted by Gasteiger charge is -1.95. The molecular formula is C7H9N3O. The summed E-state index contributed by atoms with van der Waals surface area (Å²) in [4.78, 5) is 7.83. The molecule has 11 heavy (non-hydrogen) atoms. The summed E-state index contributed by atoms with van der Waals surface area (Å²) >= 11 is 0. The highest BCUT2D eigenvalue weighted by molar-refractivity contribution is 5.81. The number of nitrogens with zero attached hydrogens (tertiary/aromatic N) is 2. The van der Waals surface area contributed by atoms with Crippen LogP contribution in [-0.4, -0.2) is 16.0 Å². The fourth-order valence-electron chi connectivity index (χ4n) is 0.639. The summed E-state index contributed by atoms with van der Waals surface area (Å²) in [6, 6.07) is 3.58. The van der Waals surface area contributed by atoms with Gasteiger partial charge in [-0.25, -0.2) is 4.99 Å². The number of hydrogen-bond acceptors (Lipinski definition) is 3. The van der Waals surface area contributed by atoms with Crippen LogP contribution in [0.15, 0.2) is 29.5 Å². The van der Waals surface area contributed by atoms with Crippen LogP contribution in [0.4, 0.5) is 5.69 Å². The van der Waals surface area contributed by atoms with Gasteiger partial charge >= 0.3 is 0 Å². The maximum absolute atomic E-state index is 8.39. The molecule has 58 valence electrons. The summed E-state index contributed by atoms with van der Waals surface area (Å²) < 4.78 is 0. The molecule has 0 saturated heterocycles. The monoisotopic (exact) mass is 151 g/mol. The van der Waals surface area contributed by atoms with Gasteiger partial charge in [0.05, 0.1) is 11.9 Å². The molecule has 0 aromatic carbocycles. The molecular weight excluding hydrogens is 142 g/mol. The van der Waals surface area contributed by atoms with Crippen LogP contribution in [0.1, 0.15) is 6.92 Å². The van der Waals surface area contributed by atoms with Gasteiger partial charge in [-0.2, -0.15) is 0 Å². The van der Waals surface area contributed by atoms with Gasteiger partial charge in [0, 0.05) is 6.20 Å². The van der Waals surface area contributed by atoms with Crippen LogP contribution >= 0.6 is 0 Å². The van der Waals surface area contributed by atoms with Crippen LogP contribution in [0, 0.1) is 0 Å². The second kappa shape index (κ2) is 3.68. The Morgan fingerprint density at radius 2 is 2.55 bits per heavy atom. The summed E-state index contributed by atoms with van der Waals surface area (Å²) in [5.41, 5.74) is 2.65. The number of rotatable bonds is 1. The fraction of sp³-hybridized carbons (Fsp3) is 0.143. The third-order valence-corrected chi connectivity index (χ3v) is 1.10. The Hall–Kier alpha value is -1.42. The third-order valence-electron chi connectivity index (χ3n) is 1.10. The second-order valence-electron chi connectivity index (χ2n) is 2.02. The summed E-state index contributed by atoms with van der Waals surface area (Å²) in [6.45, 7) is 1.66. The van der Waals surface area contributed by atoms with E-state index < -0.39 is 0 Å². The molecule has 0 unspecified atom stereocenters. The molecule has 1 rings (SSSR count). The van der Waals surface area contributed by atoms with Gasteiger partial charge in [-0.05, 0) is 19.1 Å². The number of hydrogen-bond donors (Lipinski definition) is 2. The van der Waals surface area contributed by atoms with E-state index in [9.17, 15) is 0 Å². The molecule has 4 heteroatoms. The van der Waals surface area contributed by atoms with Crippen molar-refractivity contribution in [3.63, 3.8) is 0 Å². The van der Waals surface area contributed by atoms with Crippen molar-refractivity contribution in [2.24, 2.45) is 4.99 Å². The quantitative estimate of drug-likeness (QED) is 0.359. The van der Waals surface area contributed by atoms with Crippen LogP contribution in [0.5, 0.6) is 0 Å². The highest BCUT2D eigenvalue weighted by Crippen LogP contribution is 2.06. The Bertz CT molecular complexity index is 245. The first kappa shape index (κ1) is 7.68. The van der Waals surface area contributed by atoms with Gasteiger partial charge in [-0.1, -0.05) is 0 Å². The standard InChI is InChI=1S/C7H9N3O/c1-6(10-11)9-7-3-2-4-8-5-7/h2-5,11H,1H3,(H,9,10). The first-order valence-corrected chi connectivity index (χ1v) is 3.18. The van der Waals surface area contributed by atoms with Gasteiger partial charge in [-0.3, -0.25) is 15.7 Å². The van der Waals surface area contributed by atoms with Crippen molar-refractivity contribution in [2.45, 2.75) is 6.92 Å². The van der Waals surface area contributed by atoms with E-state index in [-0.39, 0.29) is 0 Å². The van der Waals surface area contributed by atoms with Crippen molar-refractivity contribution in [2.75, 3.05) is 0 Å². The van der Waals surface area contributed by atoms with Gasteiger partial charge in [-0.15, -0.1) is 0 Å². The maximum atomic E-state index is 8.39. The Balaban J connectivity index is 2.79. The van der Waals surface area contributed by atoms with Crippen LogP contribution in [0.3, 0.4) is 0 Å². The third kappa shape index (κ3) is 2.35. The van der Waals surface area contributed by atoms with E-state index >= 15 is 0 Å². The lowest BCUT2D eigenvalue weighted by Crippen LogP contribution is -2.13. The minimum Gasteiger partial charge on any atom is -0.290 e. The second-order valence-corrected chi connectivity index (χ2v) is 2.02. The van der Waals surface area contributed by atoms with E-state index in [0.29, 0.717) is 11.5 Å². The average Bonchev–Trinajstić information content (AvgIpc) is 2.06. The molecule has 0 aliphatic heterocycles. The first-order chi connectivity index (χ1) is 5.33. The van der Waals surface area contributed by atoms with Gasteiger partial charge in [0.1, 0.15) is 5.84 Å². The first-order valence-electron chi connectivity index (χ1n) is 3.18. The van der Waals surface area contributed by atoms with E-state index in [1.807, 2.05) is 5.48 Å². The Labute approximate surface area is 64.6 Å². The van der Waals surface area contributed by atoms with Crippen molar-refractivity contribution in [3.05, 3.63) is 24.5 Å². The summed E-state index contributed by atoms with van der Waals surface area (Å²) in [5.74, 6) is 0.443. The largest absolute Gasteiger partial charge is 0.290 e. The highest BCUT2D eigenvalue weighted by Gasteiger charge is 1.87. The number of pyridine rings is 1. The molecule has 0 saturated carbocycles. The van der Waals surface area contributed by atoms with Crippen LogP contribution in [0.25, 0.3) is 0 Å². The van der Waals surface area contributed by atoms with Crippen molar-refractivity contribution < 1.29 is 5.21 Å². The molecule has 0 spiro atoms. The zero-order valence-corrected chi connectivity index (χ0v) is 6.15. The summed E-state index contributed by atoms with van der Waals surface area (Å²) in [6.07, 6.45) is 3.28. The Morgan fingerprint density at radius 3 is 3.09 bits per heavy atom. The zero-order valence-electron chi connectivity index (χ0n) is 6.15. The van der Waals surface area contributed by atoms with Crippen molar-refractivity contribution in [3.8, 4) is 0 Å². The molecule has 0 fully saturated rings. The summed E-state index contributed by atoms with van der Waals surface area (Å²) in [7, 11) is 0. The molecule has 1 aromatic heterocycles. The lowest BCUT2D eigenvalue weighted by molar-refractivity contribution is 0.234. The molecule has 4 nitrogen and oxygen atoms in total. The smallest absolute Gasteiger partial charge is 0.123 e. The molecule has 0 atom stereocenters. The zero-order chi connectivity index (χ0) is 8.10. The molecule has 0 aliphatic carbocycles. The average molecular weight is 151 g/mol. The van der Waals surface area contributed by atoms with Crippen molar-refractivity contribution in [1.29, 1.82) is 0 Å². The highest BCUT2D eigenvalue weighted by atomic mass is 16.5. The normalized spacial score (nSPS) is 11.3. The Kier molecular flexibility index (Phi) is 2.57. The lowest BCUT2D eigenvalue weighted by atomic mass is 10.4. The van der Waals surface area contributed by atoms with Crippen molar-refractivity contribution >= 4 is 11.5 Å². The number of aliphatic imine (C=N–C) groups is 1. The van der Waals surface area contributed by atoms with Gasteiger partial charge in [0.2, 0.25) is 0 Å². The molecule has 1 heterocycles. The SMILES string of the molecule is CC(=Nc1cccnc1)NO. The van der Waals surface area contributed by atoms with Gasteiger partial charge in [0.25, 0.3) is 0 Å². The molecule has 0 radical (unpaired) electrons. The van der Waals surface area contributed by atoms with E-state index in [0.717, 1.165) is 0 Å². The molecule has 0 amide bonds. The minimum atomic E-state index is 0.443. The van der Waals surface area contributed by atoms with Crippen LogP contribution < -0.4 is 5.48 Å². The van der Waals surface area contributed by atoms with Gasteiger partial charge in [0.15, 0.2) is 0 Å². The predicted molar refractivity (Wildman–Crippen MR) is 41.9 cm³/mol. The summed E-state index contributed by atoms with van der Waals surface area (Å²) in [5, 5.41) is 8.39. The van der Waals surface area contributed by atoms with E-state index in [1.165, 1.54) is 0 Å². The van der Waals surface area contributed by atoms with Gasteiger partial charge < -0.3 is 0 Å². The molecule has 0 bridgehead atoms. The topological polar surface area (TPSA) is 57.5 Å².